The number of aromatic hydroxyl groups is 1. The largest absolute Gasteiger partial charge is 0.505 e. The number of halogens is 1. The third kappa shape index (κ3) is 3.22. The number of carbonyl (C=O) groups is 2. The van der Waals surface area contributed by atoms with E-state index in [0.29, 0.717) is 16.6 Å². The van der Waals surface area contributed by atoms with Gasteiger partial charge in [0.15, 0.2) is 5.69 Å². The second-order valence-electron chi connectivity index (χ2n) is 4.58. The van der Waals surface area contributed by atoms with E-state index >= 15 is 0 Å². The molecule has 0 aliphatic rings. The van der Waals surface area contributed by atoms with Crippen LogP contribution in [-0.2, 0) is 4.79 Å². The van der Waals surface area contributed by atoms with Gasteiger partial charge in [-0.3, -0.25) is 9.59 Å². The summed E-state index contributed by atoms with van der Waals surface area (Å²) < 4.78 is 13.5. The highest BCUT2D eigenvalue weighted by Gasteiger charge is 2.15. The molecular weight excluding hydrogens is 290 g/mol. The number of nitrogens with zero attached hydrogens (tertiary/aromatic N) is 1. The Morgan fingerprint density at radius 2 is 2.09 bits per heavy atom. The molecule has 1 amide bonds. The second kappa shape index (κ2) is 6.25. The SMILES string of the molecule is Bc1c(F)cccc1-c1cnc(C(=O)NCC(=O)O)c(O)c1. The van der Waals surface area contributed by atoms with E-state index in [2.05, 4.69) is 10.3 Å². The smallest absolute Gasteiger partial charge is 0.322 e. The first kappa shape index (κ1) is 15.5. The molecule has 0 aliphatic heterocycles. The molecule has 2 rings (SSSR count). The van der Waals surface area contributed by atoms with Crippen LogP contribution in [0.4, 0.5) is 4.39 Å². The van der Waals surface area contributed by atoms with Crippen LogP contribution in [-0.4, -0.2) is 41.5 Å². The normalized spacial score (nSPS) is 10.2. The van der Waals surface area contributed by atoms with E-state index in [1.807, 2.05) is 0 Å². The average Bonchev–Trinajstić information content (AvgIpc) is 2.47. The fourth-order valence-corrected chi connectivity index (χ4v) is 1.94. The number of carboxylic acids is 1. The third-order valence-corrected chi connectivity index (χ3v) is 3.06. The summed E-state index contributed by atoms with van der Waals surface area (Å²) in [5.74, 6) is -2.81. The Hall–Kier alpha value is -2.90. The first-order valence-corrected chi connectivity index (χ1v) is 6.34. The zero-order valence-electron chi connectivity index (χ0n) is 11.6. The van der Waals surface area contributed by atoms with Crippen molar-refractivity contribution in [2.45, 2.75) is 0 Å². The van der Waals surface area contributed by atoms with Gasteiger partial charge in [0.2, 0.25) is 0 Å². The molecule has 6 nitrogen and oxygen atoms in total. The van der Waals surface area contributed by atoms with Crippen molar-refractivity contribution in [1.29, 1.82) is 0 Å². The molecule has 1 heterocycles. The molecule has 0 saturated heterocycles. The van der Waals surface area contributed by atoms with E-state index < -0.39 is 24.2 Å². The molecule has 0 spiro atoms. The topological polar surface area (TPSA) is 99.5 Å². The minimum Gasteiger partial charge on any atom is -0.505 e. The van der Waals surface area contributed by atoms with Gasteiger partial charge in [-0.2, -0.15) is 0 Å². The lowest BCUT2D eigenvalue weighted by atomic mass is 9.87. The average molecular weight is 302 g/mol. The van der Waals surface area contributed by atoms with Crippen molar-refractivity contribution in [1.82, 2.24) is 10.3 Å². The van der Waals surface area contributed by atoms with Crippen LogP contribution >= 0.6 is 0 Å². The Labute approximate surface area is 126 Å². The molecular formula is C14H12BFN2O4. The number of aliphatic carboxylic acids is 1. The number of hydrogen-bond acceptors (Lipinski definition) is 4. The van der Waals surface area contributed by atoms with Gasteiger partial charge in [-0.1, -0.05) is 12.1 Å². The molecule has 0 fully saturated rings. The monoisotopic (exact) mass is 302 g/mol. The number of carboxylic acid groups (broad SMARTS) is 1. The lowest BCUT2D eigenvalue weighted by Gasteiger charge is -2.09. The standard InChI is InChI=1S/C14H12BFN2O4/c15-12-8(2-1-3-9(12)16)7-4-10(19)13(17-5-7)14(22)18-6-11(20)21/h1-5,19H,6,15H2,(H,18,22)(H,20,21). The van der Waals surface area contributed by atoms with E-state index in [0.717, 1.165) is 0 Å². The molecule has 2 aromatic rings. The number of nitrogens with one attached hydrogen (secondary N) is 1. The van der Waals surface area contributed by atoms with Crippen molar-refractivity contribution >= 4 is 25.2 Å². The van der Waals surface area contributed by atoms with E-state index in [1.165, 1.54) is 24.4 Å². The van der Waals surface area contributed by atoms with Crippen molar-refractivity contribution in [3.05, 3.63) is 42.0 Å². The van der Waals surface area contributed by atoms with Crippen LogP contribution in [0.25, 0.3) is 11.1 Å². The summed E-state index contributed by atoms with van der Waals surface area (Å²) in [4.78, 5) is 25.9. The van der Waals surface area contributed by atoms with Crippen LogP contribution in [0.15, 0.2) is 30.5 Å². The summed E-state index contributed by atoms with van der Waals surface area (Å²) in [5.41, 5.74) is 1.09. The minimum atomic E-state index is -1.21. The Balaban J connectivity index is 2.32. The summed E-state index contributed by atoms with van der Waals surface area (Å²) in [6.07, 6.45) is 1.32. The number of benzene rings is 1. The van der Waals surface area contributed by atoms with Gasteiger partial charge in [0.05, 0.1) is 0 Å². The van der Waals surface area contributed by atoms with Crippen molar-refractivity contribution in [3.8, 4) is 16.9 Å². The lowest BCUT2D eigenvalue weighted by Crippen LogP contribution is -2.29. The predicted octanol–water partition coefficient (Wildman–Crippen LogP) is -0.334. The van der Waals surface area contributed by atoms with Gasteiger partial charge in [0.25, 0.3) is 5.91 Å². The maximum atomic E-state index is 13.5. The van der Waals surface area contributed by atoms with Crippen molar-refractivity contribution in [2.24, 2.45) is 0 Å². The summed E-state index contributed by atoms with van der Waals surface area (Å²) in [7, 11) is 1.59. The molecule has 3 N–H and O–H groups in total. The van der Waals surface area contributed by atoms with E-state index in [1.54, 1.807) is 13.9 Å². The van der Waals surface area contributed by atoms with Crippen LogP contribution in [0.2, 0.25) is 0 Å². The number of pyridine rings is 1. The maximum Gasteiger partial charge on any atom is 0.322 e. The fourth-order valence-electron chi connectivity index (χ4n) is 1.94. The van der Waals surface area contributed by atoms with Gasteiger partial charge < -0.3 is 15.5 Å². The van der Waals surface area contributed by atoms with Gasteiger partial charge in [-0.05, 0) is 23.2 Å². The highest BCUT2D eigenvalue weighted by atomic mass is 19.1. The Bertz CT molecular complexity index is 752. The molecule has 0 unspecified atom stereocenters. The minimum absolute atomic E-state index is 0.293. The third-order valence-electron chi connectivity index (χ3n) is 3.06. The highest BCUT2D eigenvalue weighted by Crippen LogP contribution is 2.23. The summed E-state index contributed by atoms with van der Waals surface area (Å²) in [6, 6.07) is 5.80. The zero-order chi connectivity index (χ0) is 16.3. The molecule has 1 aromatic heterocycles. The van der Waals surface area contributed by atoms with Crippen LogP contribution in [0.1, 0.15) is 10.5 Å². The van der Waals surface area contributed by atoms with Crippen molar-refractivity contribution in [3.63, 3.8) is 0 Å². The van der Waals surface area contributed by atoms with E-state index in [4.69, 9.17) is 5.11 Å². The summed E-state index contributed by atoms with van der Waals surface area (Å²) in [6.45, 7) is -0.579. The van der Waals surface area contributed by atoms with Crippen molar-refractivity contribution in [2.75, 3.05) is 6.54 Å². The Morgan fingerprint density at radius 1 is 1.36 bits per heavy atom. The number of amides is 1. The number of hydrogen-bond donors (Lipinski definition) is 3. The molecule has 0 bridgehead atoms. The molecule has 1 aromatic carbocycles. The van der Waals surface area contributed by atoms with Crippen LogP contribution in [0.5, 0.6) is 5.75 Å². The van der Waals surface area contributed by atoms with Crippen LogP contribution < -0.4 is 10.8 Å². The lowest BCUT2D eigenvalue weighted by molar-refractivity contribution is -0.135. The highest BCUT2D eigenvalue weighted by molar-refractivity contribution is 6.36. The Morgan fingerprint density at radius 3 is 2.73 bits per heavy atom. The zero-order valence-corrected chi connectivity index (χ0v) is 11.6. The van der Waals surface area contributed by atoms with Crippen LogP contribution in [0.3, 0.4) is 0 Å². The quantitative estimate of drug-likeness (QED) is 0.671. The second-order valence-corrected chi connectivity index (χ2v) is 4.58. The van der Waals surface area contributed by atoms with Crippen LogP contribution in [0, 0.1) is 5.82 Å². The van der Waals surface area contributed by atoms with E-state index in [-0.39, 0.29) is 11.5 Å². The number of rotatable bonds is 4. The van der Waals surface area contributed by atoms with Gasteiger partial charge in [0, 0.05) is 11.8 Å². The molecule has 112 valence electrons. The van der Waals surface area contributed by atoms with Gasteiger partial charge in [-0.25, -0.2) is 9.37 Å². The molecule has 0 saturated carbocycles. The fraction of sp³-hybridized carbons (Fsp3) is 0.0714. The van der Waals surface area contributed by atoms with E-state index in [9.17, 15) is 19.1 Å². The van der Waals surface area contributed by atoms with Crippen molar-refractivity contribution < 1.29 is 24.2 Å². The number of carbonyl (C=O) groups excluding carboxylic acids is 1. The molecule has 8 heteroatoms. The predicted molar refractivity (Wildman–Crippen MR) is 79.4 cm³/mol. The summed E-state index contributed by atoms with van der Waals surface area (Å²) >= 11 is 0. The first-order valence-electron chi connectivity index (χ1n) is 6.34. The number of aromatic nitrogens is 1. The molecule has 0 radical (unpaired) electrons. The van der Waals surface area contributed by atoms with Gasteiger partial charge in [0.1, 0.15) is 26.0 Å². The molecule has 0 atom stereocenters. The maximum absolute atomic E-state index is 13.5. The molecule has 0 aliphatic carbocycles. The van der Waals surface area contributed by atoms with Gasteiger partial charge >= 0.3 is 5.97 Å². The first-order chi connectivity index (χ1) is 10.4. The Kier molecular flexibility index (Phi) is 4.40. The summed E-state index contributed by atoms with van der Waals surface area (Å²) in [5, 5.41) is 20.5. The van der Waals surface area contributed by atoms with Gasteiger partial charge in [-0.15, -0.1) is 0 Å². The molecule has 22 heavy (non-hydrogen) atoms.